The second kappa shape index (κ2) is 7.53. The van der Waals surface area contributed by atoms with Gasteiger partial charge in [0.25, 0.3) is 0 Å². The van der Waals surface area contributed by atoms with Crippen LogP contribution in [0.2, 0.25) is 0 Å². The van der Waals surface area contributed by atoms with Crippen LogP contribution in [0, 0.1) is 0 Å². The van der Waals surface area contributed by atoms with E-state index >= 15 is 0 Å². The van der Waals surface area contributed by atoms with Gasteiger partial charge in [-0.15, -0.1) is 0 Å². The maximum Gasteiger partial charge on any atom is 0.161 e. The smallest absolute Gasteiger partial charge is 0.161 e. The molecule has 1 aliphatic rings. The molecule has 3 heteroatoms. The van der Waals surface area contributed by atoms with Gasteiger partial charge in [0, 0.05) is 12.6 Å². The molecule has 0 aliphatic heterocycles. The Morgan fingerprint density at radius 1 is 1.15 bits per heavy atom. The highest BCUT2D eigenvalue weighted by atomic mass is 16.5. The van der Waals surface area contributed by atoms with Crippen LogP contribution < -0.4 is 14.8 Å². The summed E-state index contributed by atoms with van der Waals surface area (Å²) in [4.78, 5) is 0. The minimum absolute atomic E-state index is 0.353. The Hall–Kier alpha value is -1.22. The van der Waals surface area contributed by atoms with Gasteiger partial charge < -0.3 is 14.8 Å². The average Bonchev–Trinajstić information content (AvgIpc) is 2.46. The molecule has 0 unspecified atom stereocenters. The Kier molecular flexibility index (Phi) is 5.72. The molecule has 20 heavy (non-hydrogen) atoms. The Balaban J connectivity index is 2.05. The molecular weight excluding hydrogens is 250 g/mol. The lowest BCUT2D eigenvalue weighted by atomic mass is 9.98. The molecule has 3 nitrogen and oxygen atoms in total. The fraction of sp³-hybridized carbons (Fsp3) is 0.647. The molecule has 1 aromatic rings. The summed E-state index contributed by atoms with van der Waals surface area (Å²) in [6.07, 6.45) is 6.58. The molecular formula is C17H27NO2. The second-order valence-electron chi connectivity index (χ2n) is 5.90. The highest BCUT2D eigenvalue weighted by Crippen LogP contribution is 2.32. The van der Waals surface area contributed by atoms with Crippen molar-refractivity contribution in [3.63, 3.8) is 0 Å². The Morgan fingerprint density at radius 2 is 1.90 bits per heavy atom. The summed E-state index contributed by atoms with van der Waals surface area (Å²) in [5.74, 6) is 1.73. The largest absolute Gasteiger partial charge is 0.493 e. The van der Waals surface area contributed by atoms with Gasteiger partial charge in [-0.3, -0.25) is 0 Å². The summed E-state index contributed by atoms with van der Waals surface area (Å²) in [5.41, 5.74) is 1.24. The van der Waals surface area contributed by atoms with Gasteiger partial charge in [0.05, 0.1) is 13.2 Å². The lowest BCUT2D eigenvalue weighted by molar-refractivity contribution is 0.149. The van der Waals surface area contributed by atoms with E-state index in [1.54, 1.807) is 7.11 Å². The zero-order chi connectivity index (χ0) is 14.4. The van der Waals surface area contributed by atoms with Crippen molar-refractivity contribution in [1.29, 1.82) is 0 Å². The van der Waals surface area contributed by atoms with Crippen LogP contribution in [-0.2, 0) is 6.54 Å². The molecule has 1 aromatic carbocycles. The fourth-order valence-corrected chi connectivity index (χ4v) is 2.61. The maximum absolute atomic E-state index is 6.17. The Labute approximate surface area is 122 Å². The number of nitrogens with one attached hydrogen (secondary N) is 1. The number of hydrogen-bond donors (Lipinski definition) is 1. The summed E-state index contributed by atoms with van der Waals surface area (Å²) < 4.78 is 11.6. The number of rotatable bonds is 6. The van der Waals surface area contributed by atoms with E-state index in [4.69, 9.17) is 9.47 Å². The highest BCUT2D eigenvalue weighted by Gasteiger charge is 2.17. The predicted molar refractivity (Wildman–Crippen MR) is 82.5 cm³/mol. The first-order valence-electron chi connectivity index (χ1n) is 7.76. The maximum atomic E-state index is 6.17. The van der Waals surface area contributed by atoms with Crippen molar-refractivity contribution in [3.05, 3.63) is 23.8 Å². The van der Waals surface area contributed by atoms with Crippen molar-refractivity contribution < 1.29 is 9.47 Å². The van der Waals surface area contributed by atoms with E-state index in [0.717, 1.165) is 30.9 Å². The predicted octanol–water partition coefficient (Wildman–Crippen LogP) is 3.90. The molecule has 112 valence electrons. The Bertz CT molecular complexity index is 411. The third-order valence-electron chi connectivity index (χ3n) is 3.79. The van der Waals surface area contributed by atoms with Crippen molar-refractivity contribution in [2.75, 3.05) is 7.11 Å². The molecule has 0 aromatic heterocycles. The van der Waals surface area contributed by atoms with Gasteiger partial charge in [0.1, 0.15) is 0 Å². The van der Waals surface area contributed by atoms with E-state index in [1.807, 2.05) is 6.07 Å². The first kappa shape index (κ1) is 15.2. The van der Waals surface area contributed by atoms with E-state index in [-0.39, 0.29) is 0 Å². The number of benzene rings is 1. The summed E-state index contributed by atoms with van der Waals surface area (Å²) in [6.45, 7) is 5.18. The number of hydrogen-bond acceptors (Lipinski definition) is 3. The van der Waals surface area contributed by atoms with Crippen LogP contribution in [0.5, 0.6) is 11.5 Å². The molecule has 0 heterocycles. The first-order chi connectivity index (χ1) is 9.69. The van der Waals surface area contributed by atoms with Crippen LogP contribution in [0.25, 0.3) is 0 Å². The van der Waals surface area contributed by atoms with Crippen LogP contribution in [0.3, 0.4) is 0 Å². The molecule has 0 amide bonds. The molecule has 1 saturated carbocycles. The van der Waals surface area contributed by atoms with Crippen LogP contribution in [0.1, 0.15) is 51.5 Å². The second-order valence-corrected chi connectivity index (χ2v) is 5.90. The van der Waals surface area contributed by atoms with Crippen molar-refractivity contribution in [2.45, 2.75) is 64.6 Å². The zero-order valence-electron chi connectivity index (χ0n) is 12.9. The summed E-state index contributed by atoms with van der Waals surface area (Å²) >= 11 is 0. The minimum Gasteiger partial charge on any atom is -0.493 e. The summed E-state index contributed by atoms with van der Waals surface area (Å²) in [6, 6.07) is 6.71. The topological polar surface area (TPSA) is 30.5 Å². The van der Waals surface area contributed by atoms with Gasteiger partial charge in [0.2, 0.25) is 0 Å². The SMILES string of the molecule is COc1ccc(CNC(C)C)cc1OC1CCCCC1. The van der Waals surface area contributed by atoms with E-state index < -0.39 is 0 Å². The van der Waals surface area contributed by atoms with Crippen molar-refractivity contribution in [3.8, 4) is 11.5 Å². The van der Waals surface area contributed by atoms with Gasteiger partial charge in [-0.1, -0.05) is 26.3 Å². The van der Waals surface area contributed by atoms with Crippen molar-refractivity contribution in [1.82, 2.24) is 5.32 Å². The van der Waals surface area contributed by atoms with E-state index in [0.29, 0.717) is 12.1 Å². The standard InChI is InChI=1S/C17H27NO2/c1-13(2)18-12-14-9-10-16(19-3)17(11-14)20-15-7-5-4-6-8-15/h9-11,13,15,18H,4-8,12H2,1-3H3. The summed E-state index contributed by atoms with van der Waals surface area (Å²) in [5, 5.41) is 3.43. The monoisotopic (exact) mass is 277 g/mol. The van der Waals surface area contributed by atoms with Gasteiger partial charge >= 0.3 is 0 Å². The van der Waals surface area contributed by atoms with Gasteiger partial charge in [0.15, 0.2) is 11.5 Å². The highest BCUT2D eigenvalue weighted by molar-refractivity contribution is 5.43. The molecule has 1 aliphatic carbocycles. The normalized spacial score (nSPS) is 16.4. The molecule has 0 radical (unpaired) electrons. The first-order valence-corrected chi connectivity index (χ1v) is 7.76. The zero-order valence-corrected chi connectivity index (χ0v) is 12.9. The molecule has 0 atom stereocenters. The quantitative estimate of drug-likeness (QED) is 0.855. The van der Waals surface area contributed by atoms with Gasteiger partial charge in [-0.25, -0.2) is 0 Å². The van der Waals surface area contributed by atoms with Gasteiger partial charge in [-0.05, 0) is 43.4 Å². The van der Waals surface area contributed by atoms with Crippen molar-refractivity contribution in [2.24, 2.45) is 0 Å². The number of ether oxygens (including phenoxy) is 2. The molecule has 0 spiro atoms. The third kappa shape index (κ3) is 4.41. The van der Waals surface area contributed by atoms with Crippen LogP contribution in [0.15, 0.2) is 18.2 Å². The Morgan fingerprint density at radius 3 is 2.55 bits per heavy atom. The van der Waals surface area contributed by atoms with Crippen LogP contribution in [0.4, 0.5) is 0 Å². The third-order valence-corrected chi connectivity index (χ3v) is 3.79. The lowest BCUT2D eigenvalue weighted by Gasteiger charge is -2.24. The van der Waals surface area contributed by atoms with Crippen LogP contribution in [-0.4, -0.2) is 19.3 Å². The molecule has 0 saturated heterocycles. The van der Waals surface area contributed by atoms with E-state index in [9.17, 15) is 0 Å². The lowest BCUT2D eigenvalue weighted by Crippen LogP contribution is -2.22. The molecule has 1 fully saturated rings. The minimum atomic E-state index is 0.353. The average molecular weight is 277 g/mol. The van der Waals surface area contributed by atoms with Crippen molar-refractivity contribution >= 4 is 0 Å². The molecule has 2 rings (SSSR count). The van der Waals surface area contributed by atoms with E-state index in [2.05, 4.69) is 31.3 Å². The fourth-order valence-electron chi connectivity index (χ4n) is 2.61. The van der Waals surface area contributed by atoms with Crippen LogP contribution >= 0.6 is 0 Å². The van der Waals surface area contributed by atoms with E-state index in [1.165, 1.54) is 24.8 Å². The summed E-state index contributed by atoms with van der Waals surface area (Å²) in [7, 11) is 1.70. The molecule has 0 bridgehead atoms. The molecule has 1 N–H and O–H groups in total. The van der Waals surface area contributed by atoms with Gasteiger partial charge in [-0.2, -0.15) is 0 Å². The number of methoxy groups -OCH3 is 1.